The van der Waals surface area contributed by atoms with Gasteiger partial charge < -0.3 is 18.5 Å². The Balaban J connectivity index is -0.000000152. The SMILES string of the molecule is CC(C)O.CC(C)O.O=S(=O)([N-]S(=O)(=O)C(F)(F)F)C(F)(F)F.O=S(=O)([N-]S(=O)(=O)C(F)(F)F)C(F)(F)F.[Ti+2]. The molecule has 0 heterocycles. The molecule has 0 aromatic carbocycles. The van der Waals surface area contributed by atoms with Gasteiger partial charge in [0.25, 0.3) is 0 Å². The van der Waals surface area contributed by atoms with E-state index in [-0.39, 0.29) is 33.9 Å². The molecule has 0 radical (unpaired) electrons. The van der Waals surface area contributed by atoms with Gasteiger partial charge >= 0.3 is 43.8 Å². The summed E-state index contributed by atoms with van der Waals surface area (Å²) in [6, 6.07) is 0. The molecule has 0 saturated heterocycles. The maximum atomic E-state index is 11.4. The molecule has 0 aromatic heterocycles. The topological polar surface area (TPSA) is 205 Å². The van der Waals surface area contributed by atoms with E-state index in [9.17, 15) is 86.4 Å². The van der Waals surface area contributed by atoms with Gasteiger partial charge in [-0.05, 0) is 27.7 Å². The smallest absolute Gasteiger partial charge is 0.421 e. The van der Waals surface area contributed by atoms with Crippen LogP contribution < -0.4 is 0 Å². The molecule has 0 unspecified atom stereocenters. The van der Waals surface area contributed by atoms with Crippen LogP contribution in [-0.4, -0.2) is 78.1 Å². The monoisotopic (exact) mass is 728 g/mol. The summed E-state index contributed by atoms with van der Waals surface area (Å²) in [6.45, 7) is 6.89. The molecular weight excluding hydrogens is 712 g/mol. The van der Waals surface area contributed by atoms with E-state index in [0.29, 0.717) is 0 Å². The van der Waals surface area contributed by atoms with Crippen molar-refractivity contribution in [2.75, 3.05) is 0 Å². The van der Waals surface area contributed by atoms with Crippen molar-refractivity contribution in [3.63, 3.8) is 0 Å². The third-order valence-corrected chi connectivity index (χ3v) is 7.04. The van der Waals surface area contributed by atoms with E-state index in [1.807, 2.05) is 0 Å². The molecular formula is C10H16F12N2O10S4Ti. The average Bonchev–Trinajstić information content (AvgIpc) is 2.47. The van der Waals surface area contributed by atoms with Crippen molar-refractivity contribution < 1.29 is 118 Å². The summed E-state index contributed by atoms with van der Waals surface area (Å²) in [5.74, 6) is 0. The molecule has 0 saturated carbocycles. The molecule has 0 aliphatic carbocycles. The van der Waals surface area contributed by atoms with Crippen LogP contribution in [0, 0.1) is 0 Å². The Morgan fingerprint density at radius 3 is 0.564 bits per heavy atom. The Hall–Kier alpha value is -0.486. The van der Waals surface area contributed by atoms with Crippen molar-refractivity contribution in [2.24, 2.45) is 0 Å². The first-order valence-electron chi connectivity index (χ1n) is 7.97. The molecule has 0 aromatic rings. The van der Waals surface area contributed by atoms with Gasteiger partial charge in [-0.3, -0.25) is 0 Å². The summed E-state index contributed by atoms with van der Waals surface area (Å²) >= 11 is 0. The van der Waals surface area contributed by atoms with Gasteiger partial charge in [-0.25, -0.2) is 33.7 Å². The molecule has 238 valence electrons. The number of nitrogens with zero attached hydrogens (tertiary/aromatic N) is 2. The summed E-state index contributed by atoms with van der Waals surface area (Å²) < 4.78 is 218. The molecule has 39 heavy (non-hydrogen) atoms. The van der Waals surface area contributed by atoms with Crippen LogP contribution >= 0.6 is 0 Å². The fourth-order valence-corrected chi connectivity index (χ4v) is 3.85. The van der Waals surface area contributed by atoms with Gasteiger partial charge in [0.05, 0.1) is 0 Å². The fraction of sp³-hybridized carbons (Fsp3) is 1.00. The molecule has 29 heteroatoms. The summed E-state index contributed by atoms with van der Waals surface area (Å²) in [5, 5.41) is 16.1. The van der Waals surface area contributed by atoms with E-state index in [4.69, 9.17) is 10.2 Å². The Morgan fingerprint density at radius 2 is 0.513 bits per heavy atom. The third-order valence-electron chi connectivity index (χ3n) is 1.56. The van der Waals surface area contributed by atoms with Crippen LogP contribution in [0.3, 0.4) is 0 Å². The van der Waals surface area contributed by atoms with Crippen LogP contribution in [0.5, 0.6) is 0 Å². The van der Waals surface area contributed by atoms with E-state index in [1.54, 1.807) is 27.7 Å². The molecule has 0 spiro atoms. The molecule has 0 aliphatic rings. The standard InChI is InChI=1S/2C3H8O.2C2F6NO4S2.Ti/c2*1-3(2)4;2*3-1(4,5)14(10,11)9-15(12,13)2(6,7)8;/h2*3-4H,1-2H3;;;/q;;2*-1;+2. The van der Waals surface area contributed by atoms with Crippen molar-refractivity contribution >= 4 is 40.1 Å². The molecule has 0 bridgehead atoms. The van der Waals surface area contributed by atoms with Gasteiger partial charge in [0.1, 0.15) is 0 Å². The van der Waals surface area contributed by atoms with Crippen LogP contribution in [-0.2, 0) is 61.8 Å². The second-order valence-electron chi connectivity index (χ2n) is 6.02. The van der Waals surface area contributed by atoms with Gasteiger partial charge in [0, 0.05) is 12.2 Å². The van der Waals surface area contributed by atoms with Crippen molar-refractivity contribution in [3.05, 3.63) is 8.25 Å². The van der Waals surface area contributed by atoms with Gasteiger partial charge in [0.15, 0.2) is 40.1 Å². The molecule has 12 nitrogen and oxygen atoms in total. The minimum Gasteiger partial charge on any atom is -0.421 e. The summed E-state index contributed by atoms with van der Waals surface area (Å²) in [6.07, 6.45) is -0.333. The zero-order valence-electron chi connectivity index (χ0n) is 18.9. The number of halogens is 12. The Kier molecular flexibility index (Phi) is 20.1. The average molecular weight is 728 g/mol. The van der Waals surface area contributed by atoms with E-state index >= 15 is 0 Å². The van der Waals surface area contributed by atoms with Gasteiger partial charge in [-0.15, -0.1) is 0 Å². The third kappa shape index (κ3) is 21.0. The number of rotatable bonds is 4. The normalized spacial score (nSPS) is 13.6. The molecule has 0 aliphatic heterocycles. The second kappa shape index (κ2) is 16.2. The Bertz CT molecular complexity index is 959. The summed E-state index contributed by atoms with van der Waals surface area (Å²) in [5.41, 5.74) is -24.8. The number of hydrogen-bond acceptors (Lipinski definition) is 10. The molecule has 0 atom stereocenters. The predicted molar refractivity (Wildman–Crippen MR) is 101 cm³/mol. The predicted octanol–water partition coefficient (Wildman–Crippen LogP) is 2.89. The van der Waals surface area contributed by atoms with Crippen LogP contribution in [0.1, 0.15) is 27.7 Å². The van der Waals surface area contributed by atoms with Crippen molar-refractivity contribution in [2.45, 2.75) is 61.9 Å². The number of aliphatic hydroxyl groups excluding tert-OH is 2. The first-order chi connectivity index (χ1) is 15.9. The number of alkyl halides is 12. The minimum absolute atomic E-state index is 0. The number of hydrogen-bond donors (Lipinski definition) is 2. The van der Waals surface area contributed by atoms with Crippen LogP contribution in [0.25, 0.3) is 8.25 Å². The van der Waals surface area contributed by atoms with Crippen LogP contribution in [0.2, 0.25) is 0 Å². The molecule has 0 fully saturated rings. The molecule has 0 rings (SSSR count). The van der Waals surface area contributed by atoms with Crippen molar-refractivity contribution in [1.29, 1.82) is 0 Å². The van der Waals surface area contributed by atoms with Gasteiger partial charge in [-0.1, -0.05) is 0 Å². The largest absolute Gasteiger partial charge is 2.00 e. The van der Waals surface area contributed by atoms with E-state index < -0.39 is 62.1 Å². The molecule has 2 N–H and O–H groups in total. The quantitative estimate of drug-likeness (QED) is 0.320. The Morgan fingerprint density at radius 1 is 0.436 bits per heavy atom. The number of aliphatic hydroxyl groups is 2. The maximum absolute atomic E-state index is 11.4. The first-order valence-corrected chi connectivity index (χ1v) is 13.7. The minimum atomic E-state index is -6.72. The van der Waals surface area contributed by atoms with Gasteiger partial charge in [-0.2, -0.15) is 52.7 Å². The van der Waals surface area contributed by atoms with E-state index in [2.05, 4.69) is 0 Å². The van der Waals surface area contributed by atoms with Crippen LogP contribution in [0.15, 0.2) is 0 Å². The summed E-state index contributed by atoms with van der Waals surface area (Å²) in [4.78, 5) is 0. The fourth-order valence-electron chi connectivity index (χ4n) is 0.427. The second-order valence-corrected chi connectivity index (χ2v) is 12.9. The van der Waals surface area contributed by atoms with E-state index in [0.717, 1.165) is 8.25 Å². The summed E-state index contributed by atoms with van der Waals surface area (Å²) in [7, 11) is -26.9. The number of sulfonamides is 4. The Labute approximate surface area is 228 Å². The van der Waals surface area contributed by atoms with Crippen LogP contribution in [0.4, 0.5) is 52.7 Å². The molecule has 0 amide bonds. The van der Waals surface area contributed by atoms with Crippen molar-refractivity contribution in [3.8, 4) is 0 Å². The van der Waals surface area contributed by atoms with E-state index in [1.165, 1.54) is 0 Å². The van der Waals surface area contributed by atoms with Gasteiger partial charge in [0.2, 0.25) is 0 Å². The zero-order valence-corrected chi connectivity index (χ0v) is 23.7. The maximum Gasteiger partial charge on any atom is 2.00 e. The first kappa shape index (κ1) is 48.3. The zero-order chi connectivity index (χ0) is 32.6. The van der Waals surface area contributed by atoms with Crippen molar-refractivity contribution in [1.82, 2.24) is 0 Å².